The number of rotatable bonds is 4. The average molecular weight is 352 g/mol. The van der Waals surface area contributed by atoms with Gasteiger partial charge in [-0.3, -0.25) is 9.89 Å². The summed E-state index contributed by atoms with van der Waals surface area (Å²) in [5, 5.41) is 15.4. The fourth-order valence-corrected chi connectivity index (χ4v) is 3.19. The Labute approximate surface area is 148 Å². The first kappa shape index (κ1) is 15.2. The molecule has 1 amide bonds. The highest BCUT2D eigenvalue weighted by molar-refractivity contribution is 5.94. The number of amides is 1. The molecule has 0 radical (unpaired) electrons. The lowest BCUT2D eigenvalue weighted by atomic mass is 10.1. The van der Waals surface area contributed by atoms with E-state index < -0.39 is 0 Å². The SMILES string of the molecule is O=C(c1cc(-c2ccc(F)cc2)n[nH]1)N1CC(n2cc(C3CC3)nn2)C1. The summed E-state index contributed by atoms with van der Waals surface area (Å²) in [6.07, 6.45) is 4.40. The van der Waals surface area contributed by atoms with Crippen molar-refractivity contribution in [1.29, 1.82) is 0 Å². The van der Waals surface area contributed by atoms with Crippen LogP contribution in [-0.2, 0) is 0 Å². The highest BCUT2D eigenvalue weighted by Gasteiger charge is 2.35. The zero-order valence-corrected chi connectivity index (χ0v) is 14.0. The fourth-order valence-electron chi connectivity index (χ4n) is 3.19. The molecular weight excluding hydrogens is 335 g/mol. The molecule has 0 spiro atoms. The van der Waals surface area contributed by atoms with Gasteiger partial charge in [0.2, 0.25) is 0 Å². The molecule has 0 unspecified atom stereocenters. The van der Waals surface area contributed by atoms with Gasteiger partial charge in [0.25, 0.3) is 5.91 Å². The van der Waals surface area contributed by atoms with Gasteiger partial charge in [-0.1, -0.05) is 5.21 Å². The lowest BCUT2D eigenvalue weighted by molar-refractivity contribution is 0.0492. The van der Waals surface area contributed by atoms with Crippen molar-refractivity contribution in [1.82, 2.24) is 30.1 Å². The second-order valence-electron chi connectivity index (χ2n) is 6.94. The molecule has 1 aliphatic carbocycles. The van der Waals surface area contributed by atoms with Gasteiger partial charge >= 0.3 is 0 Å². The number of aromatic nitrogens is 5. The predicted octanol–water partition coefficient (Wildman–Crippen LogP) is 2.38. The predicted molar refractivity (Wildman–Crippen MR) is 90.9 cm³/mol. The molecule has 1 saturated carbocycles. The summed E-state index contributed by atoms with van der Waals surface area (Å²) in [5.74, 6) is 0.186. The number of aromatic amines is 1. The van der Waals surface area contributed by atoms with Crippen molar-refractivity contribution < 1.29 is 9.18 Å². The second kappa shape index (κ2) is 5.76. The van der Waals surface area contributed by atoms with E-state index in [9.17, 15) is 9.18 Å². The summed E-state index contributed by atoms with van der Waals surface area (Å²) in [7, 11) is 0. The minimum absolute atomic E-state index is 0.0929. The van der Waals surface area contributed by atoms with Gasteiger partial charge in [0, 0.05) is 30.8 Å². The quantitative estimate of drug-likeness (QED) is 0.782. The average Bonchev–Trinajstić information content (AvgIpc) is 3.14. The van der Waals surface area contributed by atoms with Crippen LogP contribution in [0.15, 0.2) is 36.5 Å². The second-order valence-corrected chi connectivity index (χ2v) is 6.94. The van der Waals surface area contributed by atoms with Gasteiger partial charge in [-0.2, -0.15) is 5.10 Å². The molecule has 1 aliphatic heterocycles. The molecule has 2 aliphatic rings. The molecular formula is C18H17FN6O. The van der Waals surface area contributed by atoms with Crippen LogP contribution in [0.1, 0.15) is 41.0 Å². The van der Waals surface area contributed by atoms with Crippen molar-refractivity contribution in [3.8, 4) is 11.3 Å². The molecule has 0 atom stereocenters. The zero-order valence-electron chi connectivity index (χ0n) is 14.0. The Morgan fingerprint density at radius 2 is 1.96 bits per heavy atom. The highest BCUT2D eigenvalue weighted by atomic mass is 19.1. The van der Waals surface area contributed by atoms with Crippen molar-refractivity contribution in [2.75, 3.05) is 13.1 Å². The van der Waals surface area contributed by atoms with Crippen molar-refractivity contribution in [2.24, 2.45) is 0 Å². The Hall–Kier alpha value is -3.03. The summed E-state index contributed by atoms with van der Waals surface area (Å²) in [4.78, 5) is 14.3. The van der Waals surface area contributed by atoms with Gasteiger partial charge in [0.05, 0.1) is 17.4 Å². The number of halogens is 1. The Bertz CT molecular complexity index is 952. The van der Waals surface area contributed by atoms with E-state index in [2.05, 4.69) is 20.5 Å². The van der Waals surface area contributed by atoms with E-state index in [1.165, 1.54) is 25.0 Å². The molecule has 1 aromatic carbocycles. The first-order valence-corrected chi connectivity index (χ1v) is 8.70. The van der Waals surface area contributed by atoms with Gasteiger partial charge in [-0.15, -0.1) is 5.10 Å². The third-order valence-corrected chi connectivity index (χ3v) is 5.00. The Balaban J connectivity index is 1.24. The van der Waals surface area contributed by atoms with E-state index in [0.717, 1.165) is 11.3 Å². The van der Waals surface area contributed by atoms with Crippen molar-refractivity contribution in [3.63, 3.8) is 0 Å². The van der Waals surface area contributed by atoms with Crippen LogP contribution in [0.4, 0.5) is 4.39 Å². The standard InChI is InChI=1S/C18H17FN6O/c19-13-5-3-11(4-6-13)15-7-16(21-20-15)18(26)24-8-14(9-24)25-10-17(22-23-25)12-1-2-12/h3-7,10,12,14H,1-2,8-9H2,(H,20,21). The number of nitrogens with zero attached hydrogens (tertiary/aromatic N) is 5. The summed E-state index contributed by atoms with van der Waals surface area (Å²) in [5.41, 5.74) is 2.88. The maximum Gasteiger partial charge on any atom is 0.272 e. The smallest absolute Gasteiger partial charge is 0.272 e. The lowest BCUT2D eigenvalue weighted by Crippen LogP contribution is -2.51. The molecule has 1 saturated heterocycles. The number of H-pyrrole nitrogens is 1. The number of hydrogen-bond acceptors (Lipinski definition) is 4. The minimum atomic E-state index is -0.301. The Morgan fingerprint density at radius 3 is 2.69 bits per heavy atom. The van der Waals surface area contributed by atoms with Crippen molar-refractivity contribution >= 4 is 5.91 Å². The van der Waals surface area contributed by atoms with Crippen LogP contribution in [0, 0.1) is 5.82 Å². The first-order chi connectivity index (χ1) is 12.7. The largest absolute Gasteiger partial charge is 0.333 e. The first-order valence-electron chi connectivity index (χ1n) is 8.70. The molecule has 132 valence electrons. The fraction of sp³-hybridized carbons (Fsp3) is 0.333. The number of likely N-dealkylation sites (tertiary alicyclic amines) is 1. The van der Waals surface area contributed by atoms with E-state index in [1.807, 2.05) is 10.9 Å². The topological polar surface area (TPSA) is 79.7 Å². The van der Waals surface area contributed by atoms with Gasteiger partial charge < -0.3 is 4.90 Å². The molecule has 5 rings (SSSR count). The summed E-state index contributed by atoms with van der Waals surface area (Å²) < 4.78 is 14.9. The van der Waals surface area contributed by atoms with E-state index in [1.54, 1.807) is 23.1 Å². The van der Waals surface area contributed by atoms with Crippen LogP contribution in [0.25, 0.3) is 11.3 Å². The van der Waals surface area contributed by atoms with Crippen LogP contribution >= 0.6 is 0 Å². The van der Waals surface area contributed by atoms with Gasteiger partial charge in [-0.05, 0) is 43.2 Å². The van der Waals surface area contributed by atoms with Crippen LogP contribution in [0.5, 0.6) is 0 Å². The maximum absolute atomic E-state index is 13.0. The molecule has 7 nitrogen and oxygen atoms in total. The lowest BCUT2D eigenvalue weighted by Gasteiger charge is -2.38. The molecule has 1 N–H and O–H groups in total. The highest BCUT2D eigenvalue weighted by Crippen LogP contribution is 2.39. The Kier molecular flexibility index (Phi) is 3.37. The molecule has 3 heterocycles. The number of benzene rings is 1. The third-order valence-electron chi connectivity index (χ3n) is 5.00. The molecule has 2 aromatic heterocycles. The zero-order chi connectivity index (χ0) is 17.7. The van der Waals surface area contributed by atoms with Crippen molar-refractivity contribution in [3.05, 3.63) is 53.7 Å². The van der Waals surface area contributed by atoms with Gasteiger partial charge in [0.15, 0.2) is 0 Å². The van der Waals surface area contributed by atoms with E-state index in [4.69, 9.17) is 0 Å². The van der Waals surface area contributed by atoms with Gasteiger partial charge in [-0.25, -0.2) is 9.07 Å². The third kappa shape index (κ3) is 2.67. The summed E-state index contributed by atoms with van der Waals surface area (Å²) in [6, 6.07) is 7.91. The molecule has 2 fully saturated rings. The number of nitrogens with one attached hydrogen (secondary N) is 1. The normalized spacial score (nSPS) is 17.3. The van der Waals surface area contributed by atoms with Crippen LogP contribution < -0.4 is 0 Å². The van der Waals surface area contributed by atoms with Crippen molar-refractivity contribution in [2.45, 2.75) is 24.8 Å². The Morgan fingerprint density at radius 1 is 1.19 bits per heavy atom. The van der Waals surface area contributed by atoms with E-state index >= 15 is 0 Å². The maximum atomic E-state index is 13.0. The van der Waals surface area contributed by atoms with Gasteiger partial charge in [0.1, 0.15) is 11.5 Å². The monoisotopic (exact) mass is 352 g/mol. The number of carbonyl (C=O) groups is 1. The molecule has 26 heavy (non-hydrogen) atoms. The molecule has 3 aromatic rings. The number of hydrogen-bond donors (Lipinski definition) is 1. The van der Waals surface area contributed by atoms with Crippen LogP contribution in [0.2, 0.25) is 0 Å². The van der Waals surface area contributed by atoms with Crippen LogP contribution in [-0.4, -0.2) is 49.1 Å². The van der Waals surface area contributed by atoms with E-state index in [-0.39, 0.29) is 17.8 Å². The van der Waals surface area contributed by atoms with Crippen LogP contribution in [0.3, 0.4) is 0 Å². The molecule has 0 bridgehead atoms. The minimum Gasteiger partial charge on any atom is -0.333 e. The number of carbonyl (C=O) groups excluding carboxylic acids is 1. The van der Waals surface area contributed by atoms with E-state index in [0.29, 0.717) is 30.4 Å². The summed E-state index contributed by atoms with van der Waals surface area (Å²) >= 11 is 0. The summed E-state index contributed by atoms with van der Waals surface area (Å²) in [6.45, 7) is 1.22. The molecule has 8 heteroatoms.